The van der Waals surface area contributed by atoms with Gasteiger partial charge in [-0.05, 0) is 26.3 Å². The number of esters is 1. The Kier molecular flexibility index (Phi) is 5.32. The topological polar surface area (TPSA) is 43.4 Å². The van der Waals surface area contributed by atoms with Crippen LogP contribution in [0.15, 0.2) is 54.6 Å². The summed E-state index contributed by atoms with van der Waals surface area (Å²) < 4.78 is 5.60. The van der Waals surface area contributed by atoms with Crippen LogP contribution in [0, 0.1) is 0 Å². The summed E-state index contributed by atoms with van der Waals surface area (Å²) in [5.74, 6) is -0.630. The molecule has 0 bridgehead atoms. The van der Waals surface area contributed by atoms with Crippen molar-refractivity contribution in [1.82, 2.24) is 0 Å². The largest absolute Gasteiger partial charge is 0.456 e. The zero-order valence-electron chi connectivity index (χ0n) is 13.8. The van der Waals surface area contributed by atoms with E-state index in [0.29, 0.717) is 16.7 Å². The van der Waals surface area contributed by atoms with E-state index in [1.807, 2.05) is 26.8 Å². The fourth-order valence-corrected chi connectivity index (χ4v) is 2.56. The summed E-state index contributed by atoms with van der Waals surface area (Å²) in [7, 11) is 0. The molecular formula is C20H22O3. The highest BCUT2D eigenvalue weighted by Gasteiger charge is 2.25. The van der Waals surface area contributed by atoms with Crippen molar-refractivity contribution in [3.05, 3.63) is 71.3 Å². The third-order valence-corrected chi connectivity index (χ3v) is 3.65. The van der Waals surface area contributed by atoms with E-state index in [1.165, 1.54) is 0 Å². The first-order chi connectivity index (χ1) is 10.9. The summed E-state index contributed by atoms with van der Waals surface area (Å²) in [5, 5.41) is 0. The van der Waals surface area contributed by atoms with Crippen molar-refractivity contribution in [2.45, 2.75) is 39.2 Å². The van der Waals surface area contributed by atoms with E-state index in [2.05, 4.69) is 0 Å². The molecule has 0 amide bonds. The number of carbonyl (C=O) groups is 2. The second-order valence-electron chi connectivity index (χ2n) is 6.14. The summed E-state index contributed by atoms with van der Waals surface area (Å²) in [4.78, 5) is 25.2. The van der Waals surface area contributed by atoms with Crippen molar-refractivity contribution < 1.29 is 14.3 Å². The van der Waals surface area contributed by atoms with Gasteiger partial charge in [0.2, 0.25) is 0 Å². The molecule has 2 aromatic rings. The van der Waals surface area contributed by atoms with Gasteiger partial charge in [0.05, 0.1) is 5.56 Å². The van der Waals surface area contributed by atoms with Crippen LogP contribution >= 0.6 is 0 Å². The summed E-state index contributed by atoms with van der Waals surface area (Å²) in [6.45, 7) is 5.81. The fraction of sp³-hybridized carbons (Fsp3) is 0.300. The van der Waals surface area contributed by atoms with Crippen LogP contribution in [-0.4, -0.2) is 17.4 Å². The van der Waals surface area contributed by atoms with E-state index in [0.717, 1.165) is 12.8 Å². The molecule has 0 saturated carbocycles. The fourth-order valence-electron chi connectivity index (χ4n) is 2.56. The number of carbonyl (C=O) groups excluding carboxylic acids is 2. The maximum atomic E-state index is 12.7. The van der Waals surface area contributed by atoms with Gasteiger partial charge in [0.25, 0.3) is 0 Å². The Bertz CT molecular complexity index is 687. The molecule has 2 rings (SSSR count). The first kappa shape index (κ1) is 16.9. The van der Waals surface area contributed by atoms with E-state index in [4.69, 9.17) is 4.74 Å². The van der Waals surface area contributed by atoms with Crippen LogP contribution < -0.4 is 0 Å². The summed E-state index contributed by atoms with van der Waals surface area (Å²) in [5.41, 5.74) is 0.691. The molecule has 0 aromatic heterocycles. The minimum absolute atomic E-state index is 0.175. The van der Waals surface area contributed by atoms with Crippen LogP contribution in [0.2, 0.25) is 0 Å². The number of hydrogen-bond acceptors (Lipinski definition) is 3. The molecular weight excluding hydrogens is 288 g/mol. The van der Waals surface area contributed by atoms with Gasteiger partial charge < -0.3 is 4.74 Å². The lowest BCUT2D eigenvalue weighted by Crippen LogP contribution is -2.28. The minimum atomic E-state index is -0.547. The molecule has 0 unspecified atom stereocenters. The van der Waals surface area contributed by atoms with E-state index in [1.54, 1.807) is 48.5 Å². The minimum Gasteiger partial charge on any atom is -0.456 e. The lowest BCUT2D eigenvalue weighted by Gasteiger charge is -2.25. The predicted molar refractivity (Wildman–Crippen MR) is 90.7 cm³/mol. The van der Waals surface area contributed by atoms with Crippen LogP contribution in [0.25, 0.3) is 0 Å². The third kappa shape index (κ3) is 4.28. The van der Waals surface area contributed by atoms with Crippen molar-refractivity contribution in [3.8, 4) is 0 Å². The standard InChI is InChI=1S/C20H22O3/c1-4-14-20(2,3)23-19(22)17-13-9-8-12-16(17)18(21)15-10-6-5-7-11-15/h5-13H,4,14H2,1-3H3. The Morgan fingerprint density at radius 2 is 1.48 bits per heavy atom. The van der Waals surface area contributed by atoms with Crippen LogP contribution in [-0.2, 0) is 4.74 Å². The van der Waals surface area contributed by atoms with Gasteiger partial charge in [0.15, 0.2) is 5.78 Å². The molecule has 3 nitrogen and oxygen atoms in total. The van der Waals surface area contributed by atoms with Crippen LogP contribution in [0.1, 0.15) is 59.9 Å². The lowest BCUT2D eigenvalue weighted by molar-refractivity contribution is -0.00485. The molecule has 3 heteroatoms. The Labute approximate surface area is 137 Å². The number of rotatable bonds is 6. The van der Waals surface area contributed by atoms with Crippen molar-refractivity contribution in [2.75, 3.05) is 0 Å². The Morgan fingerprint density at radius 3 is 2.09 bits per heavy atom. The molecule has 2 aromatic carbocycles. The van der Waals surface area contributed by atoms with Gasteiger partial charge in [-0.2, -0.15) is 0 Å². The summed E-state index contributed by atoms with van der Waals surface area (Å²) >= 11 is 0. The zero-order chi connectivity index (χ0) is 16.9. The molecule has 120 valence electrons. The maximum absolute atomic E-state index is 12.7. The first-order valence-electron chi connectivity index (χ1n) is 7.87. The molecule has 0 spiro atoms. The highest BCUT2D eigenvalue weighted by Crippen LogP contribution is 2.21. The lowest BCUT2D eigenvalue weighted by atomic mass is 9.98. The number of benzene rings is 2. The second kappa shape index (κ2) is 7.23. The van der Waals surface area contributed by atoms with Crippen LogP contribution in [0.3, 0.4) is 0 Å². The Balaban J connectivity index is 2.31. The zero-order valence-corrected chi connectivity index (χ0v) is 13.8. The van der Waals surface area contributed by atoms with Gasteiger partial charge in [-0.15, -0.1) is 0 Å². The molecule has 0 radical (unpaired) electrons. The van der Waals surface area contributed by atoms with E-state index in [9.17, 15) is 9.59 Å². The summed E-state index contributed by atoms with van der Waals surface area (Å²) in [6, 6.07) is 15.7. The molecule has 23 heavy (non-hydrogen) atoms. The average Bonchev–Trinajstić information content (AvgIpc) is 2.54. The van der Waals surface area contributed by atoms with Crippen LogP contribution in [0.4, 0.5) is 0 Å². The van der Waals surface area contributed by atoms with Gasteiger partial charge in [0.1, 0.15) is 5.60 Å². The molecule has 0 saturated heterocycles. The monoisotopic (exact) mass is 310 g/mol. The quantitative estimate of drug-likeness (QED) is 0.576. The van der Waals surface area contributed by atoms with Crippen molar-refractivity contribution in [3.63, 3.8) is 0 Å². The highest BCUT2D eigenvalue weighted by molar-refractivity contribution is 6.14. The number of hydrogen-bond donors (Lipinski definition) is 0. The smallest absolute Gasteiger partial charge is 0.339 e. The molecule has 0 aliphatic rings. The Morgan fingerprint density at radius 1 is 0.913 bits per heavy atom. The predicted octanol–water partition coefficient (Wildman–Crippen LogP) is 4.65. The van der Waals surface area contributed by atoms with Crippen molar-refractivity contribution in [2.24, 2.45) is 0 Å². The Hall–Kier alpha value is -2.42. The average molecular weight is 310 g/mol. The second-order valence-corrected chi connectivity index (χ2v) is 6.14. The van der Waals surface area contributed by atoms with E-state index >= 15 is 0 Å². The maximum Gasteiger partial charge on any atom is 0.339 e. The van der Waals surface area contributed by atoms with Gasteiger partial charge in [-0.25, -0.2) is 4.79 Å². The van der Waals surface area contributed by atoms with Gasteiger partial charge in [-0.3, -0.25) is 4.79 Å². The SMILES string of the molecule is CCCC(C)(C)OC(=O)c1ccccc1C(=O)c1ccccc1. The molecule has 0 aliphatic heterocycles. The molecule has 0 heterocycles. The first-order valence-corrected chi connectivity index (χ1v) is 7.87. The third-order valence-electron chi connectivity index (χ3n) is 3.65. The van der Waals surface area contributed by atoms with Gasteiger partial charge in [0, 0.05) is 11.1 Å². The van der Waals surface area contributed by atoms with Gasteiger partial charge >= 0.3 is 5.97 Å². The molecule has 0 N–H and O–H groups in total. The molecule has 0 aliphatic carbocycles. The van der Waals surface area contributed by atoms with E-state index in [-0.39, 0.29) is 5.78 Å². The van der Waals surface area contributed by atoms with Crippen molar-refractivity contribution in [1.29, 1.82) is 0 Å². The van der Waals surface area contributed by atoms with Gasteiger partial charge in [-0.1, -0.05) is 61.9 Å². The normalized spacial score (nSPS) is 11.1. The molecule has 0 atom stereocenters. The van der Waals surface area contributed by atoms with Crippen molar-refractivity contribution >= 4 is 11.8 Å². The molecule has 0 fully saturated rings. The number of ether oxygens (including phenoxy) is 1. The highest BCUT2D eigenvalue weighted by atomic mass is 16.6. The van der Waals surface area contributed by atoms with E-state index < -0.39 is 11.6 Å². The summed E-state index contributed by atoms with van der Waals surface area (Å²) in [6.07, 6.45) is 1.69. The van der Waals surface area contributed by atoms with Crippen LogP contribution in [0.5, 0.6) is 0 Å². The number of ketones is 1.